The summed E-state index contributed by atoms with van der Waals surface area (Å²) in [5.41, 5.74) is -0.434. The molecule has 1 amide bonds. The maximum absolute atomic E-state index is 11.7. The van der Waals surface area contributed by atoms with Crippen LogP contribution in [0.1, 0.15) is 10.4 Å². The van der Waals surface area contributed by atoms with Gasteiger partial charge >= 0.3 is 12.1 Å². The highest BCUT2D eigenvalue weighted by molar-refractivity contribution is 6.01. The van der Waals surface area contributed by atoms with Crippen LogP contribution in [-0.4, -0.2) is 22.3 Å². The first kappa shape index (κ1) is 13.4. The minimum Gasteiger partial charge on any atom is -0.507 e. The van der Waals surface area contributed by atoms with Crippen LogP contribution < -0.4 is 10.1 Å². The number of carboxylic acids is 1. The number of carboxylic acid groups (broad SMARTS) is 1. The molecule has 2 aromatic carbocycles. The molecule has 3 N–H and O–H groups in total. The predicted molar refractivity (Wildman–Crippen MR) is 71.2 cm³/mol. The van der Waals surface area contributed by atoms with Crippen LogP contribution >= 0.6 is 0 Å². The largest absolute Gasteiger partial charge is 0.507 e. The molecule has 2 aromatic rings. The van der Waals surface area contributed by atoms with Gasteiger partial charge in [-0.25, -0.2) is 9.59 Å². The summed E-state index contributed by atoms with van der Waals surface area (Å²) >= 11 is 0. The molecule has 0 aliphatic heterocycles. The number of para-hydroxylation sites is 1. The summed E-state index contributed by atoms with van der Waals surface area (Å²) in [6.45, 7) is 0. The number of carbonyl (C=O) groups is 2. The van der Waals surface area contributed by atoms with Gasteiger partial charge < -0.3 is 14.9 Å². The number of hydrogen-bond donors (Lipinski definition) is 3. The Morgan fingerprint density at radius 1 is 1.00 bits per heavy atom. The van der Waals surface area contributed by atoms with Gasteiger partial charge in [0, 0.05) is 0 Å². The van der Waals surface area contributed by atoms with Crippen molar-refractivity contribution in [1.82, 2.24) is 0 Å². The Kier molecular flexibility index (Phi) is 3.85. The average Bonchev–Trinajstić information content (AvgIpc) is 2.39. The molecule has 2 rings (SSSR count). The molecule has 6 heteroatoms. The molecule has 0 radical (unpaired) electrons. The lowest BCUT2D eigenvalue weighted by Gasteiger charge is -2.09. The molecule has 0 heterocycles. The van der Waals surface area contributed by atoms with E-state index < -0.39 is 23.4 Å². The van der Waals surface area contributed by atoms with Gasteiger partial charge in [0.1, 0.15) is 17.1 Å². The summed E-state index contributed by atoms with van der Waals surface area (Å²) in [4.78, 5) is 22.7. The number of benzene rings is 2. The number of rotatable bonds is 3. The SMILES string of the molecule is O=C(Nc1cccc(O)c1C(=O)O)Oc1ccccc1. The first-order valence-electron chi connectivity index (χ1n) is 5.67. The van der Waals surface area contributed by atoms with Gasteiger partial charge in [-0.05, 0) is 24.3 Å². The molecule has 0 saturated heterocycles. The third-order valence-corrected chi connectivity index (χ3v) is 2.45. The normalized spacial score (nSPS) is 9.80. The summed E-state index contributed by atoms with van der Waals surface area (Å²) in [7, 11) is 0. The van der Waals surface area contributed by atoms with Crippen molar-refractivity contribution in [3.05, 3.63) is 54.1 Å². The van der Waals surface area contributed by atoms with Crippen molar-refractivity contribution in [3.63, 3.8) is 0 Å². The molecular formula is C14H11NO5. The number of aromatic carboxylic acids is 1. The zero-order valence-corrected chi connectivity index (χ0v) is 10.2. The van der Waals surface area contributed by atoms with Crippen LogP contribution in [0, 0.1) is 0 Å². The zero-order valence-electron chi connectivity index (χ0n) is 10.2. The minimum atomic E-state index is -1.35. The minimum absolute atomic E-state index is 0.0431. The number of hydrogen-bond acceptors (Lipinski definition) is 4. The third kappa shape index (κ3) is 3.05. The number of nitrogens with one attached hydrogen (secondary N) is 1. The lowest BCUT2D eigenvalue weighted by Crippen LogP contribution is -2.18. The molecule has 102 valence electrons. The molecule has 0 unspecified atom stereocenters. The average molecular weight is 273 g/mol. The van der Waals surface area contributed by atoms with Crippen LogP contribution in [0.15, 0.2) is 48.5 Å². The van der Waals surface area contributed by atoms with Gasteiger partial charge in [0.15, 0.2) is 0 Å². The maximum Gasteiger partial charge on any atom is 0.417 e. The van der Waals surface area contributed by atoms with Crippen molar-refractivity contribution < 1.29 is 24.5 Å². The Bertz CT molecular complexity index is 639. The number of phenols is 1. The first-order chi connectivity index (χ1) is 9.58. The Balaban J connectivity index is 2.16. The molecule has 0 aromatic heterocycles. The van der Waals surface area contributed by atoms with E-state index in [9.17, 15) is 14.7 Å². The Morgan fingerprint density at radius 2 is 1.70 bits per heavy atom. The van der Waals surface area contributed by atoms with Crippen molar-refractivity contribution in [2.45, 2.75) is 0 Å². The highest BCUT2D eigenvalue weighted by Crippen LogP contribution is 2.25. The van der Waals surface area contributed by atoms with Gasteiger partial charge in [-0.2, -0.15) is 0 Å². The Morgan fingerprint density at radius 3 is 2.35 bits per heavy atom. The molecule has 0 aliphatic carbocycles. The van der Waals surface area contributed by atoms with Gasteiger partial charge in [0.2, 0.25) is 0 Å². The van der Waals surface area contributed by atoms with Crippen molar-refractivity contribution in [2.75, 3.05) is 5.32 Å². The van der Waals surface area contributed by atoms with Crippen molar-refractivity contribution in [2.24, 2.45) is 0 Å². The first-order valence-corrected chi connectivity index (χ1v) is 5.67. The Hall–Kier alpha value is -3.02. The van der Waals surface area contributed by atoms with Gasteiger partial charge in [-0.15, -0.1) is 0 Å². The van der Waals surface area contributed by atoms with E-state index >= 15 is 0 Å². The van der Waals surface area contributed by atoms with Crippen LogP contribution in [0.5, 0.6) is 11.5 Å². The molecule has 0 atom stereocenters. The monoisotopic (exact) mass is 273 g/mol. The van der Waals surface area contributed by atoms with E-state index in [1.165, 1.54) is 18.2 Å². The molecule has 0 spiro atoms. The van der Waals surface area contributed by atoms with Crippen LogP contribution in [-0.2, 0) is 0 Å². The standard InChI is InChI=1S/C14H11NO5/c16-11-8-4-7-10(12(11)13(17)18)15-14(19)20-9-5-2-1-3-6-9/h1-8,16H,(H,15,19)(H,17,18). The second-order valence-corrected chi connectivity index (χ2v) is 3.83. The van der Waals surface area contributed by atoms with Gasteiger partial charge in [-0.1, -0.05) is 24.3 Å². The topological polar surface area (TPSA) is 95.9 Å². The number of ether oxygens (including phenoxy) is 1. The summed E-state index contributed by atoms with van der Waals surface area (Å²) in [6, 6.07) is 12.3. The molecule has 20 heavy (non-hydrogen) atoms. The number of aromatic hydroxyl groups is 1. The van der Waals surface area contributed by atoms with E-state index in [1.54, 1.807) is 30.3 Å². The van der Waals surface area contributed by atoms with Crippen molar-refractivity contribution in [1.29, 1.82) is 0 Å². The summed E-state index contributed by atoms with van der Waals surface area (Å²) in [5, 5.41) is 20.8. The van der Waals surface area contributed by atoms with Crippen LogP contribution in [0.3, 0.4) is 0 Å². The van der Waals surface area contributed by atoms with E-state index in [2.05, 4.69) is 5.32 Å². The van der Waals surface area contributed by atoms with Gasteiger partial charge in [0.25, 0.3) is 0 Å². The van der Waals surface area contributed by atoms with E-state index in [4.69, 9.17) is 9.84 Å². The van der Waals surface area contributed by atoms with Crippen LogP contribution in [0.2, 0.25) is 0 Å². The predicted octanol–water partition coefficient (Wildman–Crippen LogP) is 2.70. The lowest BCUT2D eigenvalue weighted by atomic mass is 10.1. The molecule has 0 saturated carbocycles. The second kappa shape index (κ2) is 5.75. The number of anilines is 1. The molecule has 0 fully saturated rings. The van der Waals surface area contributed by atoms with E-state index in [1.807, 2.05) is 0 Å². The molecule has 0 bridgehead atoms. The van der Waals surface area contributed by atoms with Crippen molar-refractivity contribution in [3.8, 4) is 11.5 Å². The maximum atomic E-state index is 11.7. The fraction of sp³-hybridized carbons (Fsp3) is 0. The second-order valence-electron chi connectivity index (χ2n) is 3.83. The Labute approximate surface area is 114 Å². The van der Waals surface area contributed by atoms with Crippen molar-refractivity contribution >= 4 is 17.7 Å². The highest BCUT2D eigenvalue weighted by atomic mass is 16.6. The zero-order chi connectivity index (χ0) is 14.5. The molecule has 6 nitrogen and oxygen atoms in total. The van der Waals surface area contributed by atoms with Crippen LogP contribution in [0.4, 0.5) is 10.5 Å². The molecule has 0 aliphatic rings. The fourth-order valence-electron chi connectivity index (χ4n) is 1.60. The third-order valence-electron chi connectivity index (χ3n) is 2.45. The van der Waals surface area contributed by atoms with Crippen LogP contribution in [0.25, 0.3) is 0 Å². The quantitative estimate of drug-likeness (QED) is 0.799. The lowest BCUT2D eigenvalue weighted by molar-refractivity contribution is 0.0695. The fourth-order valence-corrected chi connectivity index (χ4v) is 1.60. The number of amides is 1. The van der Waals surface area contributed by atoms with Gasteiger partial charge in [0.05, 0.1) is 5.69 Å². The summed E-state index contributed by atoms with van der Waals surface area (Å²) in [6.07, 6.45) is -0.843. The van der Waals surface area contributed by atoms with E-state index in [-0.39, 0.29) is 5.69 Å². The van der Waals surface area contributed by atoms with E-state index in [0.717, 1.165) is 0 Å². The smallest absolute Gasteiger partial charge is 0.417 e. The molecular weight excluding hydrogens is 262 g/mol. The number of carbonyl (C=O) groups excluding carboxylic acids is 1. The van der Waals surface area contributed by atoms with Gasteiger partial charge in [-0.3, -0.25) is 5.32 Å². The summed E-state index contributed by atoms with van der Waals surface area (Å²) in [5.74, 6) is -1.46. The highest BCUT2D eigenvalue weighted by Gasteiger charge is 2.17. The van der Waals surface area contributed by atoms with E-state index in [0.29, 0.717) is 5.75 Å². The summed E-state index contributed by atoms with van der Waals surface area (Å²) < 4.78 is 4.97.